The Bertz CT molecular complexity index is 511. The van der Waals surface area contributed by atoms with E-state index in [9.17, 15) is 9.59 Å². The molecule has 0 aliphatic carbocycles. The summed E-state index contributed by atoms with van der Waals surface area (Å²) in [5.41, 5.74) is 1.70. The van der Waals surface area contributed by atoms with Gasteiger partial charge in [-0.25, -0.2) is 4.79 Å². The van der Waals surface area contributed by atoms with Crippen molar-refractivity contribution in [2.45, 2.75) is 33.8 Å². The number of thioether (sulfide) groups is 1. The Labute approximate surface area is 129 Å². The summed E-state index contributed by atoms with van der Waals surface area (Å²) >= 11 is 1.60. The van der Waals surface area contributed by atoms with Crippen molar-refractivity contribution in [3.05, 3.63) is 22.4 Å². The van der Waals surface area contributed by atoms with Crippen LogP contribution in [0.25, 0.3) is 0 Å². The average molecular weight is 310 g/mol. The maximum atomic E-state index is 12.2. The van der Waals surface area contributed by atoms with E-state index >= 15 is 0 Å². The molecule has 0 radical (unpaired) electrons. The zero-order valence-corrected chi connectivity index (χ0v) is 13.8. The summed E-state index contributed by atoms with van der Waals surface area (Å²) in [5, 5.41) is 3.71. The highest BCUT2D eigenvalue weighted by Gasteiger charge is 2.39. The van der Waals surface area contributed by atoms with Crippen molar-refractivity contribution in [3.63, 3.8) is 0 Å². The van der Waals surface area contributed by atoms with Crippen LogP contribution in [0.2, 0.25) is 0 Å². The average Bonchev–Trinajstić information content (AvgIpc) is 2.88. The third-order valence-corrected chi connectivity index (χ3v) is 4.49. The molecule has 6 heteroatoms. The number of hydrogen-bond donors (Lipinski definition) is 1. The van der Waals surface area contributed by atoms with E-state index in [0.717, 1.165) is 28.6 Å². The molecule has 0 aromatic heterocycles. The fourth-order valence-corrected chi connectivity index (χ4v) is 3.80. The van der Waals surface area contributed by atoms with Crippen LogP contribution in [0.15, 0.2) is 22.4 Å². The van der Waals surface area contributed by atoms with Crippen LogP contribution in [0, 0.1) is 5.92 Å². The van der Waals surface area contributed by atoms with Gasteiger partial charge < -0.3 is 15.0 Å². The van der Waals surface area contributed by atoms with Gasteiger partial charge in [-0.2, -0.15) is 0 Å². The Morgan fingerprint density at radius 2 is 2.24 bits per heavy atom. The van der Waals surface area contributed by atoms with Gasteiger partial charge in [0, 0.05) is 36.5 Å². The smallest absolute Gasteiger partial charge is 0.337 e. The van der Waals surface area contributed by atoms with Crippen molar-refractivity contribution in [2.24, 2.45) is 5.92 Å². The van der Waals surface area contributed by atoms with Crippen LogP contribution in [0.1, 0.15) is 27.7 Å². The Morgan fingerprint density at radius 3 is 2.86 bits per heavy atom. The molecule has 2 aliphatic heterocycles. The third-order valence-electron chi connectivity index (χ3n) is 3.34. The van der Waals surface area contributed by atoms with Crippen molar-refractivity contribution >= 4 is 23.6 Å². The molecule has 1 unspecified atom stereocenters. The predicted molar refractivity (Wildman–Crippen MR) is 83.3 cm³/mol. The largest absolute Gasteiger partial charge is 0.460 e. The summed E-state index contributed by atoms with van der Waals surface area (Å²) in [6.45, 7) is 8.96. The first-order valence-electron chi connectivity index (χ1n) is 7.27. The third kappa shape index (κ3) is 3.43. The van der Waals surface area contributed by atoms with Crippen LogP contribution < -0.4 is 5.32 Å². The highest BCUT2D eigenvalue weighted by molar-refractivity contribution is 8.03. The molecule has 2 aliphatic rings. The van der Waals surface area contributed by atoms with Gasteiger partial charge in [0.05, 0.1) is 16.7 Å². The van der Waals surface area contributed by atoms with E-state index in [2.05, 4.69) is 10.2 Å². The molecule has 21 heavy (non-hydrogen) atoms. The lowest BCUT2D eigenvalue weighted by Crippen LogP contribution is -2.23. The lowest BCUT2D eigenvalue weighted by Gasteiger charge is -2.15. The molecule has 2 heterocycles. The topological polar surface area (TPSA) is 58.6 Å². The number of likely N-dealkylation sites (N-methyl/N-ethyl adjacent to an activating group) is 1. The maximum Gasteiger partial charge on any atom is 0.337 e. The second-order valence-corrected chi connectivity index (χ2v) is 6.47. The molecule has 116 valence electrons. The zero-order valence-electron chi connectivity index (χ0n) is 12.9. The van der Waals surface area contributed by atoms with E-state index in [4.69, 9.17) is 4.74 Å². The van der Waals surface area contributed by atoms with Crippen LogP contribution in [0.4, 0.5) is 0 Å². The van der Waals surface area contributed by atoms with E-state index in [-0.39, 0.29) is 23.9 Å². The molecule has 0 bridgehead atoms. The van der Waals surface area contributed by atoms with E-state index in [1.807, 2.05) is 27.7 Å². The van der Waals surface area contributed by atoms with Gasteiger partial charge in [-0.15, -0.1) is 11.8 Å². The summed E-state index contributed by atoms with van der Waals surface area (Å²) in [5.74, 6) is 0.524. The molecule has 1 N–H and O–H groups in total. The van der Waals surface area contributed by atoms with Crippen LogP contribution in [0.3, 0.4) is 0 Å². The predicted octanol–water partition coefficient (Wildman–Crippen LogP) is 1.87. The molecule has 1 atom stereocenters. The standard InChI is InChI=1S/C15H22N2O3S/c1-5-16-12(18)6-11-8-21-14-13(10(4)7-17(11)14)15(19)20-9(2)3/h6,9-10H,5,7-8H2,1-4H3,(H,16,18). The second kappa shape index (κ2) is 6.56. The quantitative estimate of drug-likeness (QED) is 0.634. The number of nitrogens with one attached hydrogen (secondary N) is 1. The first kappa shape index (κ1) is 15.9. The van der Waals surface area contributed by atoms with Crippen molar-refractivity contribution in [1.82, 2.24) is 10.2 Å². The number of amides is 1. The normalized spacial score (nSPS) is 23.0. The fraction of sp³-hybridized carbons (Fsp3) is 0.600. The zero-order chi connectivity index (χ0) is 15.6. The minimum atomic E-state index is -0.234. The van der Waals surface area contributed by atoms with Crippen molar-refractivity contribution in [1.29, 1.82) is 0 Å². The number of rotatable bonds is 4. The highest BCUT2D eigenvalue weighted by atomic mass is 32.2. The van der Waals surface area contributed by atoms with E-state index in [1.54, 1.807) is 17.8 Å². The molecule has 2 rings (SSSR count). The summed E-state index contributed by atoms with van der Waals surface area (Å²) in [6, 6.07) is 0. The molecule has 0 aromatic rings. The summed E-state index contributed by atoms with van der Waals surface area (Å²) in [6.07, 6.45) is 1.51. The molecule has 1 amide bonds. The minimum Gasteiger partial charge on any atom is -0.460 e. The first-order chi connectivity index (χ1) is 9.93. The van der Waals surface area contributed by atoms with Gasteiger partial charge in [-0.05, 0) is 20.8 Å². The fourth-order valence-electron chi connectivity index (χ4n) is 2.49. The van der Waals surface area contributed by atoms with Crippen molar-refractivity contribution in [2.75, 3.05) is 18.8 Å². The van der Waals surface area contributed by atoms with Crippen LogP contribution in [0.5, 0.6) is 0 Å². The molecule has 0 aromatic carbocycles. The minimum absolute atomic E-state index is 0.0831. The second-order valence-electron chi connectivity index (χ2n) is 5.50. The molecule has 0 saturated carbocycles. The molecule has 0 spiro atoms. The molecular formula is C15H22N2O3S. The number of carbonyl (C=O) groups excluding carboxylic acids is 2. The van der Waals surface area contributed by atoms with E-state index in [0.29, 0.717) is 6.54 Å². The number of carbonyl (C=O) groups is 2. The molecule has 1 fully saturated rings. The Kier molecular flexibility index (Phi) is 4.98. The lowest BCUT2D eigenvalue weighted by atomic mass is 10.1. The number of fused-ring (bicyclic) bond motifs is 1. The Hall–Kier alpha value is -1.43. The van der Waals surface area contributed by atoms with Gasteiger partial charge in [0.2, 0.25) is 5.91 Å². The van der Waals surface area contributed by atoms with Gasteiger partial charge >= 0.3 is 5.97 Å². The molecule has 5 nitrogen and oxygen atoms in total. The maximum absolute atomic E-state index is 12.2. The Morgan fingerprint density at radius 1 is 1.52 bits per heavy atom. The Balaban J connectivity index is 2.20. The summed E-state index contributed by atoms with van der Waals surface area (Å²) in [4.78, 5) is 26.0. The van der Waals surface area contributed by atoms with Crippen molar-refractivity contribution in [3.8, 4) is 0 Å². The number of hydrogen-bond acceptors (Lipinski definition) is 5. The van der Waals surface area contributed by atoms with Gasteiger partial charge in [-0.3, -0.25) is 4.79 Å². The van der Waals surface area contributed by atoms with Gasteiger partial charge in [0.25, 0.3) is 0 Å². The summed E-state index contributed by atoms with van der Waals surface area (Å²) in [7, 11) is 0. The lowest BCUT2D eigenvalue weighted by molar-refractivity contribution is -0.143. The van der Waals surface area contributed by atoms with Crippen LogP contribution in [-0.2, 0) is 14.3 Å². The SMILES string of the molecule is CCNC(=O)C=C1CSC2=C(C(=O)OC(C)C)C(C)CN12. The van der Waals surface area contributed by atoms with Crippen molar-refractivity contribution < 1.29 is 14.3 Å². The van der Waals surface area contributed by atoms with Crippen LogP contribution in [-0.4, -0.2) is 41.7 Å². The van der Waals surface area contributed by atoms with Gasteiger partial charge in [-0.1, -0.05) is 6.92 Å². The number of nitrogens with zero attached hydrogens (tertiary/aromatic N) is 1. The summed E-state index contributed by atoms with van der Waals surface area (Å²) < 4.78 is 5.33. The van der Waals surface area contributed by atoms with Gasteiger partial charge in [0.1, 0.15) is 0 Å². The highest BCUT2D eigenvalue weighted by Crippen LogP contribution is 2.44. The number of ether oxygens (including phenoxy) is 1. The van der Waals surface area contributed by atoms with E-state index in [1.165, 1.54) is 0 Å². The monoisotopic (exact) mass is 310 g/mol. The van der Waals surface area contributed by atoms with Gasteiger partial charge in [0.15, 0.2) is 0 Å². The first-order valence-corrected chi connectivity index (χ1v) is 8.26. The number of esters is 1. The molecule has 1 saturated heterocycles. The van der Waals surface area contributed by atoms with Crippen LogP contribution >= 0.6 is 11.8 Å². The van der Waals surface area contributed by atoms with E-state index < -0.39 is 0 Å². The molecular weight excluding hydrogens is 288 g/mol.